The lowest BCUT2D eigenvalue weighted by Gasteiger charge is -2.36. The minimum atomic E-state index is -2.95. The van der Waals surface area contributed by atoms with Crippen LogP contribution in [0.1, 0.15) is 32.1 Å². The molecule has 0 aromatic heterocycles. The Labute approximate surface area is 121 Å². The predicted octanol–water partition coefficient (Wildman–Crippen LogP) is 0.347. The van der Waals surface area contributed by atoms with Gasteiger partial charge in [0, 0.05) is 18.1 Å². The van der Waals surface area contributed by atoms with E-state index in [2.05, 4.69) is 29.6 Å². The third-order valence-corrected chi connectivity index (χ3v) is 6.40. The van der Waals surface area contributed by atoms with Crippen molar-refractivity contribution >= 4 is 15.9 Å². The minimum absolute atomic E-state index is 0.0547. The second kappa shape index (κ2) is 5.89. The highest BCUT2D eigenvalue weighted by atomic mass is 32.2. The molecule has 1 heterocycles. The summed E-state index contributed by atoms with van der Waals surface area (Å²) >= 11 is 0. The number of urea groups is 1. The number of hydrogen-bond donors (Lipinski definition) is 2. The average Bonchev–Trinajstić information content (AvgIpc) is 2.94. The van der Waals surface area contributed by atoms with Crippen molar-refractivity contribution in [1.29, 1.82) is 0 Å². The lowest BCUT2D eigenvalue weighted by Crippen LogP contribution is -2.53. The Morgan fingerprint density at radius 2 is 1.95 bits per heavy atom. The summed E-state index contributed by atoms with van der Waals surface area (Å²) in [6.07, 6.45) is 5.11. The normalized spacial score (nSPS) is 27.6. The van der Waals surface area contributed by atoms with Gasteiger partial charge in [-0.05, 0) is 33.4 Å². The van der Waals surface area contributed by atoms with Crippen molar-refractivity contribution in [3.05, 3.63) is 0 Å². The van der Waals surface area contributed by atoms with Gasteiger partial charge in [-0.1, -0.05) is 12.8 Å². The zero-order chi connectivity index (χ0) is 14.8. The standard InChI is InChI=1S/C13H25N3O3S/c1-16(2)13(6-3-4-7-13)10-14-12(17)15-11-5-8-20(18,19)9-11/h11H,3-10H2,1-2H3,(H2,14,15,17). The van der Waals surface area contributed by atoms with Crippen molar-refractivity contribution in [1.82, 2.24) is 15.5 Å². The second-order valence-electron chi connectivity index (χ2n) is 6.25. The molecule has 2 aliphatic rings. The van der Waals surface area contributed by atoms with Crippen molar-refractivity contribution in [2.75, 3.05) is 32.1 Å². The third kappa shape index (κ3) is 3.63. The monoisotopic (exact) mass is 303 g/mol. The Kier molecular flexibility index (Phi) is 4.59. The predicted molar refractivity (Wildman–Crippen MR) is 78.5 cm³/mol. The Hall–Kier alpha value is -0.820. The van der Waals surface area contributed by atoms with Crippen LogP contribution in [-0.4, -0.2) is 63.1 Å². The van der Waals surface area contributed by atoms with Gasteiger partial charge in [0.25, 0.3) is 0 Å². The van der Waals surface area contributed by atoms with Crippen LogP contribution in [0.2, 0.25) is 0 Å². The Balaban J connectivity index is 1.80. The highest BCUT2D eigenvalue weighted by Gasteiger charge is 2.36. The number of hydrogen-bond acceptors (Lipinski definition) is 4. The first-order valence-corrected chi connectivity index (χ1v) is 9.07. The molecule has 0 aromatic carbocycles. The molecule has 2 N–H and O–H groups in total. The SMILES string of the molecule is CN(C)C1(CNC(=O)NC2CCS(=O)(=O)C2)CCCC1. The number of carbonyl (C=O) groups excluding carboxylic acids is 1. The third-order valence-electron chi connectivity index (χ3n) is 4.63. The van der Waals surface area contributed by atoms with Crippen LogP contribution in [0.5, 0.6) is 0 Å². The van der Waals surface area contributed by atoms with Crippen LogP contribution in [0.4, 0.5) is 4.79 Å². The Morgan fingerprint density at radius 1 is 1.30 bits per heavy atom. The lowest BCUT2D eigenvalue weighted by molar-refractivity contribution is 0.154. The van der Waals surface area contributed by atoms with Crippen LogP contribution >= 0.6 is 0 Å². The first-order chi connectivity index (χ1) is 9.33. The summed E-state index contributed by atoms with van der Waals surface area (Å²) in [5, 5.41) is 5.68. The van der Waals surface area contributed by atoms with E-state index in [4.69, 9.17) is 0 Å². The van der Waals surface area contributed by atoms with E-state index in [1.165, 1.54) is 12.8 Å². The summed E-state index contributed by atoms with van der Waals surface area (Å²) in [7, 11) is 1.15. The first-order valence-electron chi connectivity index (χ1n) is 7.25. The van der Waals surface area contributed by atoms with Crippen LogP contribution < -0.4 is 10.6 Å². The highest BCUT2D eigenvalue weighted by molar-refractivity contribution is 7.91. The highest BCUT2D eigenvalue weighted by Crippen LogP contribution is 2.33. The number of carbonyl (C=O) groups is 1. The molecule has 116 valence electrons. The smallest absolute Gasteiger partial charge is 0.315 e. The van der Waals surface area contributed by atoms with Gasteiger partial charge in [-0.25, -0.2) is 13.2 Å². The summed E-state index contributed by atoms with van der Waals surface area (Å²) in [5.74, 6) is 0.249. The molecule has 0 aromatic rings. The van der Waals surface area contributed by atoms with Gasteiger partial charge in [-0.15, -0.1) is 0 Å². The van der Waals surface area contributed by atoms with Crippen molar-refractivity contribution < 1.29 is 13.2 Å². The Bertz CT molecular complexity index is 455. The van der Waals surface area contributed by atoms with Crippen LogP contribution in [-0.2, 0) is 9.84 Å². The molecule has 1 saturated heterocycles. The molecule has 1 aliphatic carbocycles. The maximum Gasteiger partial charge on any atom is 0.315 e. The van der Waals surface area contributed by atoms with E-state index in [-0.39, 0.29) is 29.1 Å². The first kappa shape index (κ1) is 15.6. The molecular formula is C13H25N3O3S. The zero-order valence-electron chi connectivity index (χ0n) is 12.3. The summed E-state index contributed by atoms with van der Waals surface area (Å²) < 4.78 is 22.7. The van der Waals surface area contributed by atoms with Gasteiger partial charge in [-0.2, -0.15) is 0 Å². The van der Waals surface area contributed by atoms with Crippen molar-refractivity contribution in [3.63, 3.8) is 0 Å². The molecule has 0 spiro atoms. The van der Waals surface area contributed by atoms with E-state index in [9.17, 15) is 13.2 Å². The fourth-order valence-electron chi connectivity index (χ4n) is 3.21. The number of nitrogens with one attached hydrogen (secondary N) is 2. The molecule has 7 heteroatoms. The maximum absolute atomic E-state index is 11.9. The van der Waals surface area contributed by atoms with E-state index in [1.807, 2.05) is 0 Å². The number of likely N-dealkylation sites (N-methyl/N-ethyl adjacent to an activating group) is 1. The molecule has 0 bridgehead atoms. The average molecular weight is 303 g/mol. The van der Waals surface area contributed by atoms with E-state index >= 15 is 0 Å². The fraction of sp³-hybridized carbons (Fsp3) is 0.923. The molecule has 1 saturated carbocycles. The Morgan fingerprint density at radius 3 is 2.45 bits per heavy atom. The molecule has 1 unspecified atom stereocenters. The maximum atomic E-state index is 11.9. The van der Waals surface area contributed by atoms with Gasteiger partial charge >= 0.3 is 6.03 Å². The van der Waals surface area contributed by atoms with Gasteiger partial charge in [0.05, 0.1) is 11.5 Å². The molecule has 20 heavy (non-hydrogen) atoms. The van der Waals surface area contributed by atoms with Crippen LogP contribution in [0.15, 0.2) is 0 Å². The molecule has 1 aliphatic heterocycles. The zero-order valence-corrected chi connectivity index (χ0v) is 13.1. The van der Waals surface area contributed by atoms with Gasteiger partial charge in [-0.3, -0.25) is 0 Å². The van der Waals surface area contributed by atoms with Crippen molar-refractivity contribution in [2.45, 2.75) is 43.7 Å². The lowest BCUT2D eigenvalue weighted by atomic mass is 9.96. The molecule has 2 amide bonds. The van der Waals surface area contributed by atoms with E-state index in [0.717, 1.165) is 12.8 Å². The molecule has 2 rings (SSSR count). The van der Waals surface area contributed by atoms with Gasteiger partial charge in [0.1, 0.15) is 0 Å². The molecule has 2 fully saturated rings. The quantitative estimate of drug-likeness (QED) is 0.785. The largest absolute Gasteiger partial charge is 0.336 e. The minimum Gasteiger partial charge on any atom is -0.336 e. The summed E-state index contributed by atoms with van der Waals surface area (Å²) in [6.45, 7) is 0.616. The van der Waals surface area contributed by atoms with E-state index in [1.54, 1.807) is 0 Å². The second-order valence-corrected chi connectivity index (χ2v) is 8.48. The number of amides is 2. The number of rotatable bonds is 4. The topological polar surface area (TPSA) is 78.5 Å². The van der Waals surface area contributed by atoms with E-state index < -0.39 is 9.84 Å². The fourth-order valence-corrected chi connectivity index (χ4v) is 4.88. The summed E-state index contributed by atoms with van der Waals surface area (Å²) in [5.41, 5.74) is 0.0547. The summed E-state index contributed by atoms with van der Waals surface area (Å²) in [6, 6.07) is -0.487. The van der Waals surface area contributed by atoms with Crippen LogP contribution in [0, 0.1) is 0 Å². The van der Waals surface area contributed by atoms with Crippen LogP contribution in [0.3, 0.4) is 0 Å². The number of sulfone groups is 1. The van der Waals surface area contributed by atoms with Gasteiger partial charge in [0.15, 0.2) is 9.84 Å². The number of nitrogens with zero attached hydrogens (tertiary/aromatic N) is 1. The van der Waals surface area contributed by atoms with E-state index in [0.29, 0.717) is 13.0 Å². The molecule has 1 atom stereocenters. The van der Waals surface area contributed by atoms with Crippen LogP contribution in [0.25, 0.3) is 0 Å². The molecule has 6 nitrogen and oxygen atoms in total. The summed E-state index contributed by atoms with van der Waals surface area (Å²) in [4.78, 5) is 14.1. The molecule has 0 radical (unpaired) electrons. The van der Waals surface area contributed by atoms with Crippen molar-refractivity contribution in [2.24, 2.45) is 0 Å². The van der Waals surface area contributed by atoms with Crippen molar-refractivity contribution in [3.8, 4) is 0 Å². The molecular weight excluding hydrogens is 278 g/mol. The van der Waals surface area contributed by atoms with Gasteiger partial charge < -0.3 is 15.5 Å². The van der Waals surface area contributed by atoms with Gasteiger partial charge in [0.2, 0.25) is 0 Å².